The predicted molar refractivity (Wildman–Crippen MR) is 111 cm³/mol. The van der Waals surface area contributed by atoms with Crippen LogP contribution >= 0.6 is 0 Å². The lowest BCUT2D eigenvalue weighted by Crippen LogP contribution is -2.47. The van der Waals surface area contributed by atoms with E-state index in [1.165, 1.54) is 11.8 Å². The predicted octanol–water partition coefficient (Wildman–Crippen LogP) is 1.92. The van der Waals surface area contributed by atoms with Gasteiger partial charge in [-0.1, -0.05) is 12.1 Å². The Kier molecular flexibility index (Phi) is 5.74. The number of hydrogen-bond acceptors (Lipinski definition) is 7. The van der Waals surface area contributed by atoms with Gasteiger partial charge < -0.3 is 4.74 Å². The first-order valence-electron chi connectivity index (χ1n) is 9.93. The van der Waals surface area contributed by atoms with E-state index in [0.717, 1.165) is 44.0 Å². The number of carbonyl (C=O) groups excluding carboxylic acids is 1. The first kappa shape index (κ1) is 20.0. The molecule has 1 aromatic carbocycles. The van der Waals surface area contributed by atoms with Crippen molar-refractivity contribution in [2.24, 2.45) is 0 Å². The Balaban J connectivity index is 1.37. The molecule has 0 radical (unpaired) electrons. The van der Waals surface area contributed by atoms with Crippen LogP contribution in [0.5, 0.6) is 5.75 Å². The third-order valence-corrected chi connectivity index (χ3v) is 5.43. The number of Topliss-reactive ketones (excluding diaryl/α,β-unsaturated/α-hetero) is 1. The summed E-state index contributed by atoms with van der Waals surface area (Å²) in [6, 6.07) is 10.2. The first-order valence-corrected chi connectivity index (χ1v) is 9.93. The van der Waals surface area contributed by atoms with E-state index in [0.29, 0.717) is 23.4 Å². The van der Waals surface area contributed by atoms with Crippen LogP contribution in [0.2, 0.25) is 0 Å². The Labute approximate surface area is 175 Å². The van der Waals surface area contributed by atoms with Gasteiger partial charge in [0.15, 0.2) is 11.4 Å². The van der Waals surface area contributed by atoms with Gasteiger partial charge in [-0.25, -0.2) is 9.50 Å². The second-order valence-corrected chi connectivity index (χ2v) is 7.54. The van der Waals surface area contributed by atoms with Gasteiger partial charge in [-0.05, 0) is 30.2 Å². The normalized spacial score (nSPS) is 15.2. The van der Waals surface area contributed by atoms with Gasteiger partial charge in [0.2, 0.25) is 0 Å². The van der Waals surface area contributed by atoms with Crippen LogP contribution in [0.3, 0.4) is 0 Å². The molecule has 3 heterocycles. The summed E-state index contributed by atoms with van der Waals surface area (Å²) in [4.78, 5) is 21.9. The second-order valence-electron chi connectivity index (χ2n) is 7.54. The maximum absolute atomic E-state index is 12.9. The number of aryl methyl sites for hydroxylation is 1. The molecule has 154 valence electrons. The van der Waals surface area contributed by atoms with Gasteiger partial charge in [0.25, 0.3) is 0 Å². The third kappa shape index (κ3) is 4.17. The number of fused-ring (bicyclic) bond motifs is 1. The lowest BCUT2D eigenvalue weighted by atomic mass is 10.1. The standard InChI is InChI=1S/C22H24N6O2/c1-16-13-28-22(18(11-23)12-24-28)25-21(16)20(29)15-27-8-6-26(7-9-27)14-17-4-3-5-19(10-17)30-2/h3-5,10,12-13H,6-9,14-15H2,1-2H3. The Hall–Kier alpha value is -3.28. The van der Waals surface area contributed by atoms with Crippen LogP contribution in [0.4, 0.5) is 0 Å². The van der Waals surface area contributed by atoms with Gasteiger partial charge in [0.1, 0.15) is 23.1 Å². The fraction of sp³-hybridized carbons (Fsp3) is 0.364. The van der Waals surface area contributed by atoms with E-state index in [-0.39, 0.29) is 5.78 Å². The van der Waals surface area contributed by atoms with E-state index >= 15 is 0 Å². The second kappa shape index (κ2) is 8.61. The lowest BCUT2D eigenvalue weighted by molar-refractivity contribution is 0.0838. The summed E-state index contributed by atoms with van der Waals surface area (Å²) in [6.45, 7) is 6.50. The minimum atomic E-state index is -0.0265. The molecule has 0 unspecified atom stereocenters. The van der Waals surface area contributed by atoms with Crippen molar-refractivity contribution in [2.75, 3.05) is 39.8 Å². The molecule has 1 aliphatic heterocycles. The van der Waals surface area contributed by atoms with E-state index in [9.17, 15) is 10.1 Å². The Morgan fingerprint density at radius 3 is 2.73 bits per heavy atom. The van der Waals surface area contributed by atoms with Gasteiger partial charge in [0.05, 0.1) is 19.9 Å². The average Bonchev–Trinajstić information content (AvgIpc) is 3.16. The molecular weight excluding hydrogens is 380 g/mol. The molecule has 1 saturated heterocycles. The molecule has 0 bridgehead atoms. The van der Waals surface area contributed by atoms with Crippen molar-refractivity contribution in [1.29, 1.82) is 5.26 Å². The molecular formula is C22H24N6O2. The van der Waals surface area contributed by atoms with Crippen molar-refractivity contribution in [2.45, 2.75) is 13.5 Å². The quantitative estimate of drug-likeness (QED) is 0.580. The summed E-state index contributed by atoms with van der Waals surface area (Å²) in [6.07, 6.45) is 3.22. The molecule has 30 heavy (non-hydrogen) atoms. The van der Waals surface area contributed by atoms with E-state index < -0.39 is 0 Å². The van der Waals surface area contributed by atoms with Gasteiger partial charge in [0, 0.05) is 38.9 Å². The first-order chi connectivity index (χ1) is 14.6. The molecule has 0 amide bonds. The van der Waals surface area contributed by atoms with Gasteiger partial charge in [-0.15, -0.1) is 0 Å². The molecule has 4 rings (SSSR count). The number of piperazine rings is 1. The fourth-order valence-corrected chi connectivity index (χ4v) is 3.77. The minimum absolute atomic E-state index is 0.0265. The number of nitrogens with zero attached hydrogens (tertiary/aromatic N) is 6. The molecule has 2 aromatic heterocycles. The number of aromatic nitrogens is 3. The summed E-state index contributed by atoms with van der Waals surface area (Å²) in [5, 5.41) is 13.3. The van der Waals surface area contributed by atoms with E-state index in [4.69, 9.17) is 4.74 Å². The SMILES string of the molecule is COc1cccc(CN2CCN(CC(=O)c3nc4c(C#N)cnn4cc3C)CC2)c1. The average molecular weight is 404 g/mol. The van der Waals surface area contributed by atoms with Gasteiger partial charge in [-0.3, -0.25) is 14.6 Å². The number of benzene rings is 1. The summed E-state index contributed by atoms with van der Waals surface area (Å²) in [7, 11) is 1.68. The Morgan fingerprint density at radius 1 is 1.23 bits per heavy atom. The van der Waals surface area contributed by atoms with Crippen molar-refractivity contribution in [1.82, 2.24) is 24.4 Å². The molecule has 8 nitrogen and oxygen atoms in total. The molecule has 3 aromatic rings. The molecule has 0 atom stereocenters. The summed E-state index contributed by atoms with van der Waals surface area (Å²) < 4.78 is 6.84. The number of carbonyl (C=O) groups is 1. The largest absolute Gasteiger partial charge is 0.497 e. The molecule has 0 saturated carbocycles. The van der Waals surface area contributed by atoms with Gasteiger partial charge in [-0.2, -0.15) is 10.4 Å². The maximum atomic E-state index is 12.9. The third-order valence-electron chi connectivity index (χ3n) is 5.43. The van der Waals surface area contributed by atoms with E-state index in [2.05, 4.69) is 38.1 Å². The smallest absolute Gasteiger partial charge is 0.195 e. The molecule has 1 aliphatic rings. The van der Waals surface area contributed by atoms with E-state index in [1.54, 1.807) is 17.8 Å². The topological polar surface area (TPSA) is 86.8 Å². The van der Waals surface area contributed by atoms with Gasteiger partial charge >= 0.3 is 0 Å². The highest BCUT2D eigenvalue weighted by Crippen LogP contribution is 2.16. The summed E-state index contributed by atoms with van der Waals surface area (Å²) in [5.74, 6) is 0.843. The van der Waals surface area contributed by atoms with Crippen LogP contribution < -0.4 is 4.74 Å². The van der Waals surface area contributed by atoms with Crippen LogP contribution in [0.1, 0.15) is 27.2 Å². The minimum Gasteiger partial charge on any atom is -0.497 e. The fourth-order valence-electron chi connectivity index (χ4n) is 3.77. The number of hydrogen-bond donors (Lipinski definition) is 0. The van der Waals surface area contributed by atoms with Crippen LogP contribution in [-0.4, -0.2) is 70.0 Å². The van der Waals surface area contributed by atoms with Crippen molar-refractivity contribution in [3.05, 3.63) is 59.0 Å². The van der Waals surface area contributed by atoms with Crippen LogP contribution in [-0.2, 0) is 6.54 Å². The zero-order valence-corrected chi connectivity index (χ0v) is 17.2. The molecule has 0 N–H and O–H groups in total. The Bertz CT molecular complexity index is 1110. The summed E-state index contributed by atoms with van der Waals surface area (Å²) in [5.41, 5.74) is 3.20. The molecule has 8 heteroatoms. The number of methoxy groups -OCH3 is 1. The highest BCUT2D eigenvalue weighted by molar-refractivity contribution is 5.97. The van der Waals surface area contributed by atoms with Crippen molar-refractivity contribution < 1.29 is 9.53 Å². The number of ketones is 1. The highest BCUT2D eigenvalue weighted by Gasteiger charge is 2.22. The monoisotopic (exact) mass is 404 g/mol. The number of rotatable bonds is 6. The lowest BCUT2D eigenvalue weighted by Gasteiger charge is -2.34. The zero-order chi connectivity index (χ0) is 21.1. The maximum Gasteiger partial charge on any atom is 0.195 e. The van der Waals surface area contributed by atoms with E-state index in [1.807, 2.05) is 19.1 Å². The van der Waals surface area contributed by atoms with Crippen molar-refractivity contribution >= 4 is 11.4 Å². The van der Waals surface area contributed by atoms with Crippen LogP contribution in [0.25, 0.3) is 5.65 Å². The van der Waals surface area contributed by atoms with Crippen molar-refractivity contribution in [3.63, 3.8) is 0 Å². The number of nitriles is 1. The van der Waals surface area contributed by atoms with Crippen molar-refractivity contribution in [3.8, 4) is 11.8 Å². The molecule has 0 aliphatic carbocycles. The van der Waals surface area contributed by atoms with Crippen LogP contribution in [0, 0.1) is 18.3 Å². The number of ether oxygens (including phenoxy) is 1. The zero-order valence-electron chi connectivity index (χ0n) is 17.2. The van der Waals surface area contributed by atoms with Crippen LogP contribution in [0.15, 0.2) is 36.7 Å². The highest BCUT2D eigenvalue weighted by atomic mass is 16.5. The Morgan fingerprint density at radius 2 is 2.00 bits per heavy atom. The molecule has 1 fully saturated rings. The summed E-state index contributed by atoms with van der Waals surface area (Å²) >= 11 is 0. The molecule has 0 spiro atoms.